The standard InChI is InChI=1S/C15H17BrFN5O.ClH/c1-9-14(20-21-22(9)11-4-6-18-7-5-11)15(23)19-10-2-3-12(16)13(17)8-10;/h2-3,8,11,18H,4-7H2,1H3,(H,19,23);1H. The fourth-order valence-corrected chi connectivity index (χ4v) is 2.96. The molecule has 0 radical (unpaired) electrons. The molecule has 1 amide bonds. The number of carbonyl (C=O) groups is 1. The maximum Gasteiger partial charge on any atom is 0.278 e. The van der Waals surface area contributed by atoms with Crippen LogP contribution in [-0.4, -0.2) is 34.0 Å². The van der Waals surface area contributed by atoms with E-state index in [1.807, 2.05) is 11.6 Å². The van der Waals surface area contributed by atoms with Crippen molar-refractivity contribution in [3.05, 3.63) is 39.9 Å². The molecule has 130 valence electrons. The van der Waals surface area contributed by atoms with Crippen molar-refractivity contribution in [3.63, 3.8) is 0 Å². The Morgan fingerprint density at radius 1 is 1.42 bits per heavy atom. The van der Waals surface area contributed by atoms with Crippen molar-refractivity contribution in [3.8, 4) is 0 Å². The van der Waals surface area contributed by atoms with Crippen molar-refractivity contribution in [2.75, 3.05) is 18.4 Å². The number of amides is 1. The summed E-state index contributed by atoms with van der Waals surface area (Å²) in [4.78, 5) is 12.4. The van der Waals surface area contributed by atoms with Gasteiger partial charge in [-0.1, -0.05) is 5.21 Å². The second kappa shape index (κ2) is 8.04. The first kappa shape index (κ1) is 18.8. The summed E-state index contributed by atoms with van der Waals surface area (Å²) in [5.74, 6) is -0.817. The average Bonchev–Trinajstić information content (AvgIpc) is 2.93. The van der Waals surface area contributed by atoms with Crippen molar-refractivity contribution in [2.24, 2.45) is 0 Å². The monoisotopic (exact) mass is 417 g/mol. The number of hydrogen-bond donors (Lipinski definition) is 2. The molecule has 2 heterocycles. The molecule has 0 atom stereocenters. The normalized spacial score (nSPS) is 15.0. The largest absolute Gasteiger partial charge is 0.320 e. The molecule has 0 saturated carbocycles. The molecule has 2 N–H and O–H groups in total. The number of carbonyl (C=O) groups excluding carboxylic acids is 1. The number of benzene rings is 1. The topological polar surface area (TPSA) is 71.8 Å². The fraction of sp³-hybridized carbons (Fsp3) is 0.400. The minimum Gasteiger partial charge on any atom is -0.320 e. The summed E-state index contributed by atoms with van der Waals surface area (Å²) in [5, 5.41) is 14.1. The zero-order chi connectivity index (χ0) is 16.4. The van der Waals surface area contributed by atoms with E-state index in [1.165, 1.54) is 6.07 Å². The van der Waals surface area contributed by atoms with E-state index in [0.717, 1.165) is 31.6 Å². The lowest BCUT2D eigenvalue weighted by atomic mass is 10.1. The molecule has 0 aliphatic carbocycles. The highest BCUT2D eigenvalue weighted by Gasteiger charge is 2.23. The van der Waals surface area contributed by atoms with Gasteiger partial charge in [0.25, 0.3) is 5.91 Å². The maximum absolute atomic E-state index is 13.5. The summed E-state index contributed by atoms with van der Waals surface area (Å²) in [6, 6.07) is 4.69. The molecule has 3 rings (SSSR count). The van der Waals surface area contributed by atoms with E-state index < -0.39 is 5.82 Å². The molecule has 0 bridgehead atoms. The van der Waals surface area contributed by atoms with Gasteiger partial charge in [-0.3, -0.25) is 4.79 Å². The molecule has 1 aromatic carbocycles. The molecule has 1 saturated heterocycles. The Morgan fingerprint density at radius 2 is 2.12 bits per heavy atom. The number of hydrogen-bond acceptors (Lipinski definition) is 4. The SMILES string of the molecule is Cc1c(C(=O)Nc2ccc(Br)c(F)c2)nnn1C1CCNCC1.Cl. The summed E-state index contributed by atoms with van der Waals surface area (Å²) >= 11 is 3.08. The van der Waals surface area contributed by atoms with Gasteiger partial charge < -0.3 is 10.6 Å². The van der Waals surface area contributed by atoms with Crippen molar-refractivity contribution >= 4 is 39.9 Å². The summed E-state index contributed by atoms with van der Waals surface area (Å²) < 4.78 is 15.7. The lowest BCUT2D eigenvalue weighted by molar-refractivity contribution is 0.102. The van der Waals surface area contributed by atoms with E-state index in [0.29, 0.717) is 10.2 Å². The first-order valence-electron chi connectivity index (χ1n) is 7.45. The highest BCUT2D eigenvalue weighted by Crippen LogP contribution is 2.22. The van der Waals surface area contributed by atoms with Gasteiger partial charge in [0, 0.05) is 5.69 Å². The van der Waals surface area contributed by atoms with Gasteiger partial charge in [-0.15, -0.1) is 17.5 Å². The summed E-state index contributed by atoms with van der Waals surface area (Å²) in [6.45, 7) is 3.70. The molecule has 1 aliphatic rings. The van der Waals surface area contributed by atoms with Crippen LogP contribution in [0.2, 0.25) is 0 Å². The molecule has 1 aromatic heterocycles. The third-order valence-corrected chi connectivity index (χ3v) is 4.62. The van der Waals surface area contributed by atoms with Crippen LogP contribution in [0.1, 0.15) is 35.1 Å². The molecule has 6 nitrogen and oxygen atoms in total. The molecule has 2 aromatic rings. The number of piperidine rings is 1. The molecule has 1 fully saturated rings. The summed E-state index contributed by atoms with van der Waals surface area (Å²) in [6.07, 6.45) is 1.92. The highest BCUT2D eigenvalue weighted by molar-refractivity contribution is 9.10. The van der Waals surface area contributed by atoms with Gasteiger partial charge >= 0.3 is 0 Å². The first-order chi connectivity index (χ1) is 11.1. The Balaban J connectivity index is 0.00000208. The van der Waals surface area contributed by atoms with Gasteiger partial charge in [-0.2, -0.15) is 0 Å². The predicted molar refractivity (Wildman–Crippen MR) is 95.2 cm³/mol. The summed E-state index contributed by atoms with van der Waals surface area (Å²) in [5.41, 5.74) is 1.38. The minimum absolute atomic E-state index is 0. The fourth-order valence-electron chi connectivity index (χ4n) is 2.71. The highest BCUT2D eigenvalue weighted by atomic mass is 79.9. The number of anilines is 1. The lowest BCUT2D eigenvalue weighted by Gasteiger charge is -2.23. The number of nitrogens with zero attached hydrogens (tertiary/aromatic N) is 3. The Hall–Kier alpha value is -1.51. The van der Waals surface area contributed by atoms with Crippen molar-refractivity contribution < 1.29 is 9.18 Å². The van der Waals surface area contributed by atoms with E-state index in [9.17, 15) is 9.18 Å². The first-order valence-corrected chi connectivity index (χ1v) is 8.24. The number of nitrogens with one attached hydrogen (secondary N) is 2. The molecule has 1 aliphatic heterocycles. The van der Waals surface area contributed by atoms with E-state index in [2.05, 4.69) is 36.9 Å². The summed E-state index contributed by atoms with van der Waals surface area (Å²) in [7, 11) is 0. The Kier molecular flexibility index (Phi) is 6.31. The smallest absolute Gasteiger partial charge is 0.278 e. The molecular weight excluding hydrogens is 401 g/mol. The van der Waals surface area contributed by atoms with Crippen LogP contribution < -0.4 is 10.6 Å². The Morgan fingerprint density at radius 3 is 2.79 bits per heavy atom. The third-order valence-electron chi connectivity index (χ3n) is 3.97. The van der Waals surface area contributed by atoms with Gasteiger partial charge in [-0.05, 0) is 67.0 Å². The van der Waals surface area contributed by atoms with Gasteiger partial charge in [-0.25, -0.2) is 9.07 Å². The van der Waals surface area contributed by atoms with Crippen molar-refractivity contribution in [1.29, 1.82) is 0 Å². The zero-order valence-corrected chi connectivity index (χ0v) is 15.5. The van der Waals surface area contributed by atoms with Crippen molar-refractivity contribution in [1.82, 2.24) is 20.3 Å². The van der Waals surface area contributed by atoms with Gasteiger partial charge in [0.05, 0.1) is 16.2 Å². The van der Waals surface area contributed by atoms with E-state index in [4.69, 9.17) is 0 Å². The molecule has 0 spiro atoms. The number of rotatable bonds is 3. The average molecular weight is 419 g/mol. The van der Waals surface area contributed by atoms with Crippen LogP contribution in [0.5, 0.6) is 0 Å². The van der Waals surface area contributed by atoms with Crippen molar-refractivity contribution in [2.45, 2.75) is 25.8 Å². The van der Waals surface area contributed by atoms with Gasteiger partial charge in [0.1, 0.15) is 5.82 Å². The van der Waals surface area contributed by atoms with E-state index in [-0.39, 0.29) is 30.0 Å². The van der Waals surface area contributed by atoms with Crippen LogP contribution in [0, 0.1) is 12.7 Å². The molecule has 0 unspecified atom stereocenters. The Labute approximate surface area is 153 Å². The van der Waals surface area contributed by atoms with Crippen LogP contribution >= 0.6 is 28.3 Å². The van der Waals surface area contributed by atoms with E-state index in [1.54, 1.807) is 12.1 Å². The maximum atomic E-state index is 13.5. The Bertz CT molecular complexity index is 733. The second-order valence-corrected chi connectivity index (χ2v) is 6.39. The quantitative estimate of drug-likeness (QED) is 0.803. The van der Waals surface area contributed by atoms with E-state index >= 15 is 0 Å². The molecule has 24 heavy (non-hydrogen) atoms. The minimum atomic E-state index is -0.433. The third kappa shape index (κ3) is 3.93. The lowest BCUT2D eigenvalue weighted by Crippen LogP contribution is -2.30. The van der Waals surface area contributed by atoms with Crippen LogP contribution in [0.25, 0.3) is 0 Å². The van der Waals surface area contributed by atoms with Crippen LogP contribution in [0.4, 0.5) is 10.1 Å². The van der Waals surface area contributed by atoms with Crippen LogP contribution in [-0.2, 0) is 0 Å². The van der Waals surface area contributed by atoms with Gasteiger partial charge in [0.15, 0.2) is 5.69 Å². The van der Waals surface area contributed by atoms with Gasteiger partial charge in [0.2, 0.25) is 0 Å². The van der Waals surface area contributed by atoms with Crippen LogP contribution in [0.3, 0.4) is 0 Å². The van der Waals surface area contributed by atoms with Crippen LogP contribution in [0.15, 0.2) is 22.7 Å². The molecule has 9 heteroatoms. The number of halogens is 3. The zero-order valence-electron chi connectivity index (χ0n) is 13.1. The molecular formula is C15H18BrClFN5O. The number of aromatic nitrogens is 3. The second-order valence-electron chi connectivity index (χ2n) is 5.53. The predicted octanol–water partition coefficient (Wildman–Crippen LogP) is 3.09.